The van der Waals surface area contributed by atoms with Crippen LogP contribution in [-0.2, 0) is 0 Å². The Kier molecular flexibility index (Phi) is 4.73. The van der Waals surface area contributed by atoms with E-state index in [9.17, 15) is 10.1 Å². The fourth-order valence-corrected chi connectivity index (χ4v) is 3.14. The van der Waals surface area contributed by atoms with Crippen molar-refractivity contribution in [2.24, 2.45) is 0 Å². The van der Waals surface area contributed by atoms with E-state index < -0.39 is 0 Å². The maximum Gasteiger partial charge on any atom is 0.256 e. The zero-order valence-corrected chi connectivity index (χ0v) is 14.2. The van der Waals surface area contributed by atoms with Crippen LogP contribution < -0.4 is 5.32 Å². The molecule has 1 atom stereocenters. The van der Waals surface area contributed by atoms with Gasteiger partial charge in [-0.3, -0.25) is 4.79 Å². The lowest BCUT2D eigenvalue weighted by Gasteiger charge is -2.27. The Bertz CT molecular complexity index is 812. The number of rotatable bonds is 5. The summed E-state index contributed by atoms with van der Waals surface area (Å²) in [6.45, 7) is 2.78. The number of fused-ring (bicyclic) bond motifs is 1. The molecule has 1 unspecified atom stereocenters. The minimum absolute atomic E-state index is 0.0315. The molecule has 0 spiro atoms. The highest BCUT2D eigenvalue weighted by molar-refractivity contribution is 6.30. The van der Waals surface area contributed by atoms with Crippen LogP contribution in [0.1, 0.15) is 47.4 Å². The van der Waals surface area contributed by atoms with E-state index in [2.05, 4.69) is 18.3 Å². The number of unbranched alkanes of at least 4 members (excludes halogenated alkanes) is 1. The monoisotopic (exact) mass is 339 g/mol. The molecule has 1 heterocycles. The average Bonchev–Trinajstić information content (AvgIpc) is 2.87. The predicted octanol–water partition coefficient (Wildman–Crippen LogP) is 4.58. The van der Waals surface area contributed by atoms with Crippen LogP contribution in [0.15, 0.2) is 42.5 Å². The number of carbonyl (C=O) groups excluding carboxylic acids is 1. The maximum absolute atomic E-state index is 12.7. The van der Waals surface area contributed by atoms with E-state index >= 15 is 0 Å². The summed E-state index contributed by atoms with van der Waals surface area (Å²) in [4.78, 5) is 14.5. The second-order valence-corrected chi connectivity index (χ2v) is 6.22. The first-order valence-electron chi connectivity index (χ1n) is 8.01. The second kappa shape index (κ2) is 6.94. The van der Waals surface area contributed by atoms with Gasteiger partial charge in [-0.2, -0.15) is 5.26 Å². The van der Waals surface area contributed by atoms with Crippen molar-refractivity contribution in [3.63, 3.8) is 0 Å². The molecule has 24 heavy (non-hydrogen) atoms. The Morgan fingerprint density at radius 2 is 2.08 bits per heavy atom. The molecule has 3 rings (SSSR count). The molecule has 2 aromatic carbocycles. The Balaban J connectivity index is 1.97. The van der Waals surface area contributed by atoms with Crippen LogP contribution in [0.2, 0.25) is 5.02 Å². The second-order valence-electron chi connectivity index (χ2n) is 5.79. The van der Waals surface area contributed by atoms with Crippen LogP contribution in [0.25, 0.3) is 0 Å². The quantitative estimate of drug-likeness (QED) is 0.867. The fourth-order valence-electron chi connectivity index (χ4n) is 2.97. The molecule has 0 fully saturated rings. The summed E-state index contributed by atoms with van der Waals surface area (Å²) in [7, 11) is 0. The molecule has 1 aliphatic heterocycles. The minimum atomic E-state index is -0.270. The van der Waals surface area contributed by atoms with Gasteiger partial charge in [-0.05, 0) is 30.7 Å². The summed E-state index contributed by atoms with van der Waals surface area (Å²) in [6, 6.07) is 14.9. The highest BCUT2D eigenvalue weighted by atomic mass is 35.5. The molecule has 0 aromatic heterocycles. The van der Waals surface area contributed by atoms with Crippen LogP contribution in [-0.4, -0.2) is 17.4 Å². The van der Waals surface area contributed by atoms with Crippen molar-refractivity contribution in [1.29, 1.82) is 5.26 Å². The molecule has 0 aliphatic carbocycles. The van der Waals surface area contributed by atoms with Gasteiger partial charge in [0, 0.05) is 22.7 Å². The van der Waals surface area contributed by atoms with Gasteiger partial charge >= 0.3 is 0 Å². The number of nitrogens with one attached hydrogen (secondary N) is 1. The van der Waals surface area contributed by atoms with Gasteiger partial charge in [0.05, 0.1) is 11.3 Å². The summed E-state index contributed by atoms with van der Waals surface area (Å²) in [5, 5.41) is 13.2. The topological polar surface area (TPSA) is 56.1 Å². The van der Waals surface area contributed by atoms with E-state index in [0.717, 1.165) is 24.0 Å². The van der Waals surface area contributed by atoms with Gasteiger partial charge in [0.1, 0.15) is 12.2 Å². The molecule has 4 nitrogen and oxygen atoms in total. The van der Waals surface area contributed by atoms with E-state index in [0.29, 0.717) is 22.8 Å². The van der Waals surface area contributed by atoms with E-state index in [1.807, 2.05) is 29.2 Å². The van der Waals surface area contributed by atoms with Crippen molar-refractivity contribution >= 4 is 23.2 Å². The molecular weight excluding hydrogens is 322 g/mol. The van der Waals surface area contributed by atoms with Crippen LogP contribution in [0.4, 0.5) is 5.69 Å². The fraction of sp³-hybridized carbons (Fsp3) is 0.263. The van der Waals surface area contributed by atoms with Gasteiger partial charge in [-0.1, -0.05) is 43.1 Å². The zero-order chi connectivity index (χ0) is 17.1. The van der Waals surface area contributed by atoms with Crippen molar-refractivity contribution in [3.05, 3.63) is 64.2 Å². The number of hydrogen-bond donors (Lipinski definition) is 1. The van der Waals surface area contributed by atoms with Crippen molar-refractivity contribution in [2.45, 2.75) is 25.9 Å². The lowest BCUT2D eigenvalue weighted by atomic mass is 10.1. The van der Waals surface area contributed by atoms with Crippen molar-refractivity contribution in [1.82, 2.24) is 4.90 Å². The normalized spacial score (nSPS) is 16.0. The minimum Gasteiger partial charge on any atom is -0.360 e. The van der Waals surface area contributed by atoms with Crippen molar-refractivity contribution in [3.8, 4) is 6.07 Å². The Morgan fingerprint density at radius 3 is 2.83 bits per heavy atom. The highest BCUT2D eigenvalue weighted by Gasteiger charge is 2.36. The van der Waals surface area contributed by atoms with Crippen LogP contribution in [0.3, 0.4) is 0 Å². The largest absolute Gasteiger partial charge is 0.360 e. The number of anilines is 1. The maximum atomic E-state index is 12.7. The molecule has 0 radical (unpaired) electrons. The van der Waals surface area contributed by atoms with Crippen molar-refractivity contribution < 1.29 is 4.79 Å². The summed E-state index contributed by atoms with van der Waals surface area (Å²) in [5.74, 6) is 0.0315. The van der Waals surface area contributed by atoms with Crippen LogP contribution in [0, 0.1) is 11.3 Å². The first-order chi connectivity index (χ1) is 11.7. The average molecular weight is 340 g/mol. The standard InChI is InChI=1S/C19H18ClN3O/c1-2-3-10-23-18(15-6-4-5-7-16(15)19(23)24)22-17-9-8-14(20)11-13(17)12-21/h4-9,11,18,22H,2-3,10H2,1H3. The molecule has 1 N–H and O–H groups in total. The van der Waals surface area contributed by atoms with Crippen LogP contribution >= 0.6 is 11.6 Å². The lowest BCUT2D eigenvalue weighted by molar-refractivity contribution is 0.0740. The zero-order valence-electron chi connectivity index (χ0n) is 13.4. The van der Waals surface area contributed by atoms with Gasteiger partial charge < -0.3 is 10.2 Å². The Labute approximate surface area is 146 Å². The number of hydrogen-bond acceptors (Lipinski definition) is 3. The lowest BCUT2D eigenvalue weighted by Crippen LogP contribution is -2.33. The molecule has 5 heteroatoms. The number of nitriles is 1. The number of benzene rings is 2. The molecule has 0 saturated heterocycles. The Hall–Kier alpha value is -2.51. The first kappa shape index (κ1) is 16.4. The number of nitrogens with zero attached hydrogens (tertiary/aromatic N) is 2. The molecule has 0 saturated carbocycles. The third-order valence-corrected chi connectivity index (χ3v) is 4.44. The summed E-state index contributed by atoms with van der Waals surface area (Å²) >= 11 is 5.97. The van der Waals surface area contributed by atoms with E-state index in [1.165, 1.54) is 0 Å². The third-order valence-electron chi connectivity index (χ3n) is 4.21. The molecule has 0 bridgehead atoms. The molecule has 122 valence electrons. The molecule has 1 amide bonds. The van der Waals surface area contributed by atoms with E-state index in [-0.39, 0.29) is 12.1 Å². The smallest absolute Gasteiger partial charge is 0.256 e. The number of carbonyl (C=O) groups is 1. The van der Waals surface area contributed by atoms with Gasteiger partial charge in [0.2, 0.25) is 0 Å². The summed E-state index contributed by atoms with van der Waals surface area (Å²) in [5.41, 5.74) is 2.81. The number of halogens is 1. The summed E-state index contributed by atoms with van der Waals surface area (Å²) in [6.07, 6.45) is 1.68. The van der Waals surface area contributed by atoms with Gasteiger partial charge in [0.15, 0.2) is 0 Å². The SMILES string of the molecule is CCCCN1C(=O)c2ccccc2C1Nc1ccc(Cl)cc1C#N. The molecule has 2 aromatic rings. The Morgan fingerprint density at radius 1 is 1.29 bits per heavy atom. The van der Waals surface area contributed by atoms with Gasteiger partial charge in [0.25, 0.3) is 5.91 Å². The predicted molar refractivity (Wildman–Crippen MR) is 94.9 cm³/mol. The van der Waals surface area contributed by atoms with Crippen LogP contribution in [0.5, 0.6) is 0 Å². The highest BCUT2D eigenvalue weighted by Crippen LogP contribution is 2.35. The van der Waals surface area contributed by atoms with Gasteiger partial charge in [-0.25, -0.2) is 0 Å². The first-order valence-corrected chi connectivity index (χ1v) is 8.39. The van der Waals surface area contributed by atoms with E-state index in [4.69, 9.17) is 11.6 Å². The molecular formula is C19H18ClN3O. The summed E-state index contributed by atoms with van der Waals surface area (Å²) < 4.78 is 0. The van der Waals surface area contributed by atoms with Crippen molar-refractivity contribution in [2.75, 3.05) is 11.9 Å². The van der Waals surface area contributed by atoms with E-state index in [1.54, 1.807) is 18.2 Å². The third kappa shape index (κ3) is 2.95. The molecule has 1 aliphatic rings. The number of amides is 1. The van der Waals surface area contributed by atoms with Gasteiger partial charge in [-0.15, -0.1) is 0 Å².